The van der Waals surface area contributed by atoms with E-state index in [1.165, 1.54) is 0 Å². The maximum atomic E-state index is 12.0. The van der Waals surface area contributed by atoms with E-state index in [-0.39, 0.29) is 18.3 Å². The molecule has 0 amide bonds. The van der Waals surface area contributed by atoms with Gasteiger partial charge in [0.25, 0.3) is 0 Å². The Kier molecular flexibility index (Phi) is 4.71. The molecule has 0 saturated carbocycles. The molecule has 1 aliphatic heterocycles. The van der Waals surface area contributed by atoms with Crippen molar-refractivity contribution in [3.63, 3.8) is 0 Å². The predicted molar refractivity (Wildman–Crippen MR) is 59.1 cm³/mol. The monoisotopic (exact) mass is 248 g/mol. The molecule has 6 heteroatoms. The molecule has 0 bridgehead atoms. The number of esters is 1. The van der Waals surface area contributed by atoms with E-state index in [9.17, 15) is 9.36 Å². The molecule has 0 aliphatic carbocycles. The van der Waals surface area contributed by atoms with Crippen LogP contribution in [-0.4, -0.2) is 25.8 Å². The minimum atomic E-state index is -3.19. The Morgan fingerprint density at radius 3 is 2.56 bits per heavy atom. The van der Waals surface area contributed by atoms with Crippen molar-refractivity contribution in [2.45, 2.75) is 20.3 Å². The summed E-state index contributed by atoms with van der Waals surface area (Å²) in [5, 5.41) is 0.345. The van der Waals surface area contributed by atoms with E-state index in [0.29, 0.717) is 25.1 Å². The summed E-state index contributed by atoms with van der Waals surface area (Å²) in [4.78, 5) is 11.2. The smallest absolute Gasteiger partial charge is 0.357 e. The first kappa shape index (κ1) is 13.4. The summed E-state index contributed by atoms with van der Waals surface area (Å²) in [6.45, 7) is 8.15. The molecule has 1 fully saturated rings. The van der Waals surface area contributed by atoms with E-state index in [4.69, 9.17) is 13.8 Å². The van der Waals surface area contributed by atoms with Gasteiger partial charge in [-0.3, -0.25) is 9.36 Å². The summed E-state index contributed by atoms with van der Waals surface area (Å²) < 4.78 is 26.9. The molecule has 0 N–H and O–H groups in total. The van der Waals surface area contributed by atoms with Gasteiger partial charge in [-0.15, -0.1) is 0 Å². The average Bonchev–Trinajstić information content (AvgIpc) is 2.65. The van der Waals surface area contributed by atoms with E-state index in [0.717, 1.165) is 0 Å². The van der Waals surface area contributed by atoms with Crippen LogP contribution in [0.2, 0.25) is 0 Å². The summed E-state index contributed by atoms with van der Waals surface area (Å²) in [7, 11) is -3.19. The lowest BCUT2D eigenvalue weighted by Crippen LogP contribution is -2.11. The fourth-order valence-electron chi connectivity index (χ4n) is 1.38. The van der Waals surface area contributed by atoms with Crippen LogP contribution in [0.1, 0.15) is 20.3 Å². The molecular formula is C10H17O5P. The summed E-state index contributed by atoms with van der Waals surface area (Å²) in [6, 6.07) is 0. The van der Waals surface area contributed by atoms with Gasteiger partial charge in [-0.25, -0.2) is 0 Å². The standard InChI is InChI=1S/C10H17O5P/c1-4-13-10(11)7-8(2)9(3)16(12)14-5-6-15-16/h8H,3-7H2,1-2H3. The minimum Gasteiger partial charge on any atom is -0.466 e. The molecule has 1 rings (SSSR count). The summed E-state index contributed by atoms with van der Waals surface area (Å²) in [5.74, 6) is -0.607. The van der Waals surface area contributed by atoms with Crippen molar-refractivity contribution in [3.05, 3.63) is 11.9 Å². The van der Waals surface area contributed by atoms with E-state index in [1.54, 1.807) is 13.8 Å². The lowest BCUT2D eigenvalue weighted by atomic mass is 10.1. The first-order valence-electron chi connectivity index (χ1n) is 5.23. The van der Waals surface area contributed by atoms with E-state index < -0.39 is 7.60 Å². The Labute approximate surface area is 95.3 Å². The zero-order valence-corrected chi connectivity index (χ0v) is 10.5. The van der Waals surface area contributed by atoms with Crippen molar-refractivity contribution in [1.82, 2.24) is 0 Å². The molecule has 0 aromatic rings. The predicted octanol–water partition coefficient (Wildman–Crippen LogP) is 2.33. The van der Waals surface area contributed by atoms with Crippen LogP contribution in [-0.2, 0) is 23.1 Å². The Morgan fingerprint density at radius 2 is 2.06 bits per heavy atom. The Morgan fingerprint density at radius 1 is 1.50 bits per heavy atom. The van der Waals surface area contributed by atoms with E-state index in [1.807, 2.05) is 0 Å². The highest BCUT2D eigenvalue weighted by atomic mass is 31.2. The molecule has 1 atom stereocenters. The van der Waals surface area contributed by atoms with Crippen molar-refractivity contribution in [2.75, 3.05) is 19.8 Å². The number of ether oxygens (including phenoxy) is 1. The third-order valence-corrected chi connectivity index (χ3v) is 4.49. The zero-order chi connectivity index (χ0) is 12.2. The quantitative estimate of drug-likeness (QED) is 0.552. The molecule has 1 unspecified atom stereocenters. The maximum Gasteiger partial charge on any atom is 0.357 e. The highest BCUT2D eigenvalue weighted by Crippen LogP contribution is 2.60. The van der Waals surface area contributed by atoms with Gasteiger partial charge in [0.1, 0.15) is 0 Å². The van der Waals surface area contributed by atoms with Gasteiger partial charge >= 0.3 is 13.6 Å². The first-order valence-corrected chi connectivity index (χ1v) is 6.78. The van der Waals surface area contributed by atoms with Crippen molar-refractivity contribution < 1.29 is 23.1 Å². The first-order chi connectivity index (χ1) is 7.49. The summed E-state index contributed by atoms with van der Waals surface area (Å²) in [5.41, 5.74) is 0. The Balaban J connectivity index is 2.53. The van der Waals surface area contributed by atoms with Crippen molar-refractivity contribution in [2.24, 2.45) is 5.92 Å². The van der Waals surface area contributed by atoms with Gasteiger partial charge in [0.05, 0.1) is 26.2 Å². The molecule has 5 nitrogen and oxygen atoms in total. The Bertz CT molecular complexity index is 315. The van der Waals surface area contributed by atoms with Crippen LogP contribution in [0.5, 0.6) is 0 Å². The molecule has 16 heavy (non-hydrogen) atoms. The van der Waals surface area contributed by atoms with E-state index >= 15 is 0 Å². The van der Waals surface area contributed by atoms with Gasteiger partial charge in [-0.2, -0.15) is 0 Å². The van der Waals surface area contributed by atoms with Gasteiger partial charge < -0.3 is 13.8 Å². The maximum absolute atomic E-state index is 12.0. The van der Waals surface area contributed by atoms with Crippen molar-refractivity contribution in [3.8, 4) is 0 Å². The molecule has 1 aliphatic rings. The normalized spacial score (nSPS) is 20.4. The van der Waals surface area contributed by atoms with Gasteiger partial charge in [-0.1, -0.05) is 13.5 Å². The van der Waals surface area contributed by atoms with Crippen LogP contribution in [0.25, 0.3) is 0 Å². The fourth-order valence-corrected chi connectivity index (χ4v) is 3.04. The Hall–Kier alpha value is -0.640. The van der Waals surface area contributed by atoms with Crippen molar-refractivity contribution in [1.29, 1.82) is 0 Å². The van der Waals surface area contributed by atoms with Gasteiger partial charge in [0.15, 0.2) is 0 Å². The molecule has 92 valence electrons. The van der Waals surface area contributed by atoms with E-state index in [2.05, 4.69) is 6.58 Å². The molecule has 1 heterocycles. The molecule has 0 aromatic carbocycles. The SMILES string of the molecule is C=C(C(C)CC(=O)OCC)P1(=O)OCCO1. The van der Waals surface area contributed by atoms with Crippen LogP contribution in [0.3, 0.4) is 0 Å². The average molecular weight is 248 g/mol. The highest BCUT2D eigenvalue weighted by Gasteiger charge is 2.36. The van der Waals surface area contributed by atoms with Crippen LogP contribution >= 0.6 is 7.60 Å². The second-order valence-electron chi connectivity index (χ2n) is 3.57. The summed E-state index contributed by atoms with van der Waals surface area (Å²) in [6.07, 6.45) is 0.142. The van der Waals surface area contributed by atoms with Crippen LogP contribution < -0.4 is 0 Å². The van der Waals surface area contributed by atoms with Gasteiger partial charge in [0, 0.05) is 5.31 Å². The highest BCUT2D eigenvalue weighted by molar-refractivity contribution is 7.58. The number of hydrogen-bond donors (Lipinski definition) is 0. The molecule has 0 spiro atoms. The van der Waals surface area contributed by atoms with Crippen molar-refractivity contribution >= 4 is 13.6 Å². The van der Waals surface area contributed by atoms with Crippen LogP contribution in [0, 0.1) is 5.92 Å². The zero-order valence-electron chi connectivity index (χ0n) is 9.60. The largest absolute Gasteiger partial charge is 0.466 e. The lowest BCUT2D eigenvalue weighted by molar-refractivity contribution is -0.143. The molecule has 1 saturated heterocycles. The second-order valence-corrected chi connectivity index (χ2v) is 5.65. The van der Waals surface area contributed by atoms with Crippen LogP contribution in [0.4, 0.5) is 0 Å². The second kappa shape index (κ2) is 5.62. The molecule has 0 aromatic heterocycles. The van der Waals surface area contributed by atoms with Gasteiger partial charge in [0.2, 0.25) is 0 Å². The third kappa shape index (κ3) is 3.17. The topological polar surface area (TPSA) is 61.8 Å². The number of allylic oxidation sites excluding steroid dienone is 1. The minimum absolute atomic E-state index is 0.142. The fraction of sp³-hybridized carbons (Fsp3) is 0.700. The number of hydrogen-bond acceptors (Lipinski definition) is 5. The number of rotatable bonds is 5. The molecular weight excluding hydrogens is 231 g/mol. The molecule has 0 radical (unpaired) electrons. The third-order valence-electron chi connectivity index (χ3n) is 2.30. The van der Waals surface area contributed by atoms with Crippen LogP contribution in [0.15, 0.2) is 11.9 Å². The summed E-state index contributed by atoms with van der Waals surface area (Å²) >= 11 is 0. The lowest BCUT2D eigenvalue weighted by Gasteiger charge is -2.17. The number of carbonyl (C=O) groups is 1. The van der Waals surface area contributed by atoms with Gasteiger partial charge in [-0.05, 0) is 12.8 Å². The number of carbonyl (C=O) groups excluding carboxylic acids is 1.